The number of carbonyl (C=O) groups excluding carboxylic acids is 1. The van der Waals surface area contributed by atoms with Gasteiger partial charge in [-0.3, -0.25) is 19.5 Å². The van der Waals surface area contributed by atoms with Gasteiger partial charge in [-0.15, -0.1) is 11.8 Å². The Morgan fingerprint density at radius 1 is 0.873 bits per heavy atom. The highest BCUT2D eigenvalue weighted by Gasteiger charge is 2.50. The Bertz CT molecular complexity index is 2870. The molecule has 3 atom stereocenters. The summed E-state index contributed by atoms with van der Waals surface area (Å²) in [5.41, 5.74) is -1.99. The molecule has 5 aliphatic rings. The van der Waals surface area contributed by atoms with Crippen molar-refractivity contribution >= 4 is 66.1 Å². The van der Waals surface area contributed by atoms with E-state index in [0.717, 1.165) is 86.7 Å². The highest BCUT2D eigenvalue weighted by molar-refractivity contribution is 7.99. The number of rotatable bonds is 16. The number of thioether (sulfide) groups is 1. The van der Waals surface area contributed by atoms with Crippen LogP contribution in [0.4, 0.5) is 28.9 Å². The molecule has 3 saturated heterocycles. The summed E-state index contributed by atoms with van der Waals surface area (Å²) in [4.78, 5) is 21.7. The molecule has 4 aromatic rings. The zero-order valence-corrected chi connectivity index (χ0v) is 43.4. The highest BCUT2D eigenvalue weighted by Crippen LogP contribution is 2.59. The number of carbonyl (C=O) groups is 1. The Balaban J connectivity index is 0.860. The molecule has 1 spiro atoms. The third-order valence-corrected chi connectivity index (χ3v) is 19.3. The summed E-state index contributed by atoms with van der Waals surface area (Å²) in [7, 11) is -10.9. The van der Waals surface area contributed by atoms with Crippen molar-refractivity contribution < 1.29 is 39.2 Å². The monoisotopic (exact) mass is 1060 g/mol. The van der Waals surface area contributed by atoms with Gasteiger partial charge in [0.05, 0.1) is 10.6 Å². The average molecular weight is 1060 g/mol. The Morgan fingerprint density at radius 2 is 1.59 bits per heavy atom. The fourth-order valence-corrected chi connectivity index (χ4v) is 14.1. The van der Waals surface area contributed by atoms with Gasteiger partial charge in [-0.25, -0.2) is 25.9 Å². The first kappa shape index (κ1) is 51.7. The van der Waals surface area contributed by atoms with Crippen LogP contribution in [0.3, 0.4) is 0 Å². The molecule has 3 heterocycles. The van der Waals surface area contributed by atoms with Crippen LogP contribution in [-0.2, 0) is 19.9 Å². The normalized spacial score (nSPS) is 21.5. The predicted molar refractivity (Wildman–Crippen MR) is 273 cm³/mol. The van der Waals surface area contributed by atoms with Crippen molar-refractivity contribution in [3.8, 4) is 0 Å². The van der Waals surface area contributed by atoms with E-state index in [1.165, 1.54) is 48.4 Å². The topological polar surface area (TPSA) is 122 Å². The lowest BCUT2D eigenvalue weighted by Crippen LogP contribution is -2.53. The maximum absolute atomic E-state index is 15.1. The summed E-state index contributed by atoms with van der Waals surface area (Å²) >= 11 is 7.55. The summed E-state index contributed by atoms with van der Waals surface area (Å²) in [6, 6.07) is 23.4. The number of piperazine rings is 2. The van der Waals surface area contributed by atoms with Crippen LogP contribution in [0.5, 0.6) is 0 Å². The van der Waals surface area contributed by atoms with E-state index in [0.29, 0.717) is 66.0 Å². The second-order valence-corrected chi connectivity index (χ2v) is 26.0. The number of fused-ring (bicyclic) bond motifs is 2. The quantitative estimate of drug-likeness (QED) is 0.0824. The van der Waals surface area contributed by atoms with Crippen molar-refractivity contribution in [2.24, 2.45) is 5.41 Å². The molecule has 1 saturated carbocycles. The van der Waals surface area contributed by atoms with Gasteiger partial charge in [0.2, 0.25) is 0 Å². The first-order valence-electron chi connectivity index (χ1n) is 24.3. The lowest BCUT2D eigenvalue weighted by Gasteiger charge is -2.42. The number of hydrogen-bond acceptors (Lipinski definition) is 11. The summed E-state index contributed by atoms with van der Waals surface area (Å²) in [5.74, 6) is -0.958. The van der Waals surface area contributed by atoms with E-state index in [2.05, 4.69) is 45.7 Å². The van der Waals surface area contributed by atoms with Crippen LogP contribution in [0.15, 0.2) is 111 Å². The molecule has 382 valence electrons. The van der Waals surface area contributed by atoms with E-state index in [1.54, 1.807) is 24.3 Å². The Hall–Kier alpha value is -4.17. The molecule has 19 heteroatoms. The van der Waals surface area contributed by atoms with Crippen molar-refractivity contribution in [2.45, 2.75) is 110 Å². The Morgan fingerprint density at radius 3 is 2.23 bits per heavy atom. The van der Waals surface area contributed by atoms with Gasteiger partial charge >= 0.3 is 5.51 Å². The smallest absolute Gasteiger partial charge is 0.380 e. The fraction of sp³-hybridized carbons (Fsp3) is 0.481. The summed E-state index contributed by atoms with van der Waals surface area (Å²) in [6.07, 6.45) is 6.77. The summed E-state index contributed by atoms with van der Waals surface area (Å²) in [5, 5.41) is 3.44. The van der Waals surface area contributed by atoms with Crippen LogP contribution >= 0.6 is 23.4 Å². The van der Waals surface area contributed by atoms with Gasteiger partial charge < -0.3 is 10.2 Å². The predicted octanol–water partition coefficient (Wildman–Crippen LogP) is 9.95. The SMILES string of the molecule is CC(C)(C)N1C[C@@H]2C[C@H]1CN2CC[C@H](CSc1ccccc1)Nc1ccc(S(=O)(=O)NC(=O)c2ccc(N3CCN(CC4=C(c5ccc(Cl)cc5F)CCC5(CC5)C4)CC3)cc2)cc1S(=O)(=O)C(F)(F)F. The second kappa shape index (κ2) is 20.3. The van der Waals surface area contributed by atoms with Crippen LogP contribution in [0.2, 0.25) is 5.02 Å². The van der Waals surface area contributed by atoms with Gasteiger partial charge in [0.1, 0.15) is 10.7 Å². The van der Waals surface area contributed by atoms with Gasteiger partial charge in [0.15, 0.2) is 0 Å². The molecular formula is C52H61ClF4N6O5S3. The lowest BCUT2D eigenvalue weighted by molar-refractivity contribution is -0.0435. The number of nitrogens with one attached hydrogen (secondary N) is 2. The molecule has 9 rings (SSSR count). The van der Waals surface area contributed by atoms with Crippen LogP contribution in [0, 0.1) is 11.2 Å². The number of likely N-dealkylation sites (tertiary alicyclic amines) is 2. The maximum atomic E-state index is 15.1. The van der Waals surface area contributed by atoms with E-state index in [1.807, 2.05) is 35.1 Å². The molecular weight excluding hydrogens is 996 g/mol. The number of alkyl halides is 3. The number of hydrogen-bond donors (Lipinski definition) is 2. The van der Waals surface area contributed by atoms with Crippen LogP contribution < -0.4 is 14.9 Å². The van der Waals surface area contributed by atoms with E-state index in [9.17, 15) is 34.8 Å². The number of anilines is 2. The van der Waals surface area contributed by atoms with Gasteiger partial charge in [-0.2, -0.15) is 13.2 Å². The molecule has 0 aromatic heterocycles. The number of nitrogens with zero attached hydrogens (tertiary/aromatic N) is 4. The number of amides is 1. The maximum Gasteiger partial charge on any atom is 0.501 e. The second-order valence-electron chi connectivity index (χ2n) is 20.9. The van der Waals surface area contributed by atoms with Crippen LogP contribution in [0.1, 0.15) is 81.6 Å². The molecule has 4 fully saturated rings. The molecule has 3 aliphatic heterocycles. The van der Waals surface area contributed by atoms with Crippen molar-refractivity contribution in [2.75, 3.05) is 68.3 Å². The number of sulfone groups is 1. The lowest BCUT2D eigenvalue weighted by atomic mass is 9.78. The minimum atomic E-state index is -6.08. The average Bonchev–Trinajstić information content (AvgIpc) is 3.73. The zero-order valence-electron chi connectivity index (χ0n) is 40.2. The molecule has 2 aliphatic carbocycles. The number of benzene rings is 4. The molecule has 1 amide bonds. The molecule has 0 unspecified atom stereocenters. The summed E-state index contributed by atoms with van der Waals surface area (Å²) in [6.45, 7) is 12.6. The van der Waals surface area contributed by atoms with Crippen LogP contribution in [0.25, 0.3) is 5.57 Å². The van der Waals surface area contributed by atoms with E-state index >= 15 is 4.39 Å². The fourth-order valence-electron chi connectivity index (χ4n) is 11.0. The molecule has 0 radical (unpaired) electrons. The van der Waals surface area contributed by atoms with Gasteiger partial charge in [0, 0.05) is 109 Å². The molecule has 11 nitrogen and oxygen atoms in total. The van der Waals surface area contributed by atoms with Gasteiger partial charge in [-0.1, -0.05) is 41.4 Å². The molecule has 2 N–H and O–H groups in total. The van der Waals surface area contributed by atoms with Crippen molar-refractivity contribution in [1.82, 2.24) is 19.4 Å². The third-order valence-electron chi connectivity index (χ3n) is 15.0. The highest BCUT2D eigenvalue weighted by atomic mass is 35.5. The Labute approximate surface area is 424 Å². The number of sulfonamides is 1. The molecule has 2 bridgehead atoms. The van der Waals surface area contributed by atoms with E-state index in [-0.39, 0.29) is 22.6 Å². The first-order valence-corrected chi connectivity index (χ1v) is 28.6. The minimum Gasteiger partial charge on any atom is -0.380 e. The number of halogens is 5. The van der Waals surface area contributed by atoms with Crippen molar-refractivity contribution in [1.29, 1.82) is 0 Å². The van der Waals surface area contributed by atoms with Crippen LogP contribution in [-0.4, -0.2) is 125 Å². The minimum absolute atomic E-state index is 0.0197. The zero-order chi connectivity index (χ0) is 50.5. The molecule has 71 heavy (non-hydrogen) atoms. The van der Waals surface area contributed by atoms with E-state index < -0.39 is 47.1 Å². The van der Waals surface area contributed by atoms with E-state index in [4.69, 9.17) is 11.6 Å². The summed E-state index contributed by atoms with van der Waals surface area (Å²) < 4.78 is 114. The number of allylic oxidation sites excluding steroid dienone is 1. The van der Waals surface area contributed by atoms with Crippen molar-refractivity contribution in [3.05, 3.63) is 119 Å². The third kappa shape index (κ3) is 11.6. The standard InChI is InChI=1S/C52H61ClF4N6O5S3/c1-50(2,3)63-33-40-28-41(63)32-62(40)22-18-38(34-69-42-7-5-4-6-8-42)58-47-16-14-43(29-48(47)70(65,66)52(55,56)57)71(67,68)59-49(64)35-9-12-39(13-10-35)61-25-23-60(24-26-61)31-36-30-51(20-21-51)19-17-44(36)45-15-11-37(53)27-46(45)54/h4-16,27,29,38,40-41,58H,17-26,28,30-34H2,1-3H3,(H,59,64)/t38-,40+,41+/m1/s1. The van der Waals surface area contributed by atoms with Gasteiger partial charge in [-0.05, 0) is 143 Å². The van der Waals surface area contributed by atoms with Gasteiger partial charge in [0.25, 0.3) is 25.8 Å². The first-order chi connectivity index (χ1) is 33.6. The molecule has 4 aromatic carbocycles. The van der Waals surface area contributed by atoms with Crippen molar-refractivity contribution in [3.63, 3.8) is 0 Å². The largest absolute Gasteiger partial charge is 0.501 e. The Kier molecular flexibility index (Phi) is 14.8.